The Bertz CT molecular complexity index is 682. The molecule has 0 radical (unpaired) electrons. The molecule has 0 heterocycles. The summed E-state index contributed by atoms with van der Waals surface area (Å²) in [5, 5.41) is 0. The fourth-order valence-corrected chi connectivity index (χ4v) is 2.24. The van der Waals surface area contributed by atoms with Gasteiger partial charge in [-0.05, 0) is 12.1 Å². The largest absolute Gasteiger partial charge is 0.744 e. The molecule has 0 saturated heterocycles. The quantitative estimate of drug-likeness (QED) is 0.567. The fourth-order valence-electron chi connectivity index (χ4n) is 1.49. The summed E-state index contributed by atoms with van der Waals surface area (Å²) >= 11 is 0. The molecule has 0 aliphatic rings. The van der Waals surface area contributed by atoms with Crippen LogP contribution in [0.5, 0.6) is 0 Å². The Balaban J connectivity index is 4.05. The van der Waals surface area contributed by atoms with Gasteiger partial charge in [0, 0.05) is 0 Å². The molecule has 0 aromatic heterocycles. The minimum absolute atomic E-state index is 0.777. The summed E-state index contributed by atoms with van der Waals surface area (Å²) in [6, 6.07) is -1.68. The second kappa shape index (κ2) is 5.01. The molecule has 22 heavy (non-hydrogen) atoms. The van der Waals surface area contributed by atoms with Gasteiger partial charge in [-0.15, -0.1) is 0 Å². The van der Waals surface area contributed by atoms with E-state index in [1.54, 1.807) is 0 Å². The first kappa shape index (κ1) is 18.5. The lowest BCUT2D eigenvalue weighted by molar-refractivity contribution is -0.165. The van der Waals surface area contributed by atoms with E-state index in [0.29, 0.717) is 0 Å². The first-order chi connectivity index (χ1) is 9.45. The Labute approximate surface area is 116 Å². The second-order valence-electron chi connectivity index (χ2n) is 3.84. The molecular formula is C9H2F9O3S-. The minimum atomic E-state index is -6.25. The molecule has 0 N–H and O–H groups in total. The van der Waals surface area contributed by atoms with E-state index in [0.717, 1.165) is 0 Å². The Morgan fingerprint density at radius 3 is 1.50 bits per heavy atom. The molecule has 0 fully saturated rings. The maximum Gasteiger partial charge on any atom is 0.418 e. The highest BCUT2D eigenvalue weighted by Gasteiger charge is 2.48. The summed E-state index contributed by atoms with van der Waals surface area (Å²) in [6.07, 6.45) is -17.6. The van der Waals surface area contributed by atoms with Gasteiger partial charge in [-0.2, -0.15) is 39.5 Å². The zero-order valence-corrected chi connectivity index (χ0v) is 10.5. The van der Waals surface area contributed by atoms with Crippen LogP contribution in [0.25, 0.3) is 0 Å². The van der Waals surface area contributed by atoms with Crippen LogP contribution >= 0.6 is 0 Å². The van der Waals surface area contributed by atoms with Crippen molar-refractivity contribution in [3.63, 3.8) is 0 Å². The predicted octanol–water partition coefficient (Wildman–Crippen LogP) is 3.65. The van der Waals surface area contributed by atoms with Crippen LogP contribution in [0.15, 0.2) is 17.0 Å². The van der Waals surface area contributed by atoms with Gasteiger partial charge in [0.2, 0.25) is 0 Å². The average Bonchev–Trinajstić information content (AvgIpc) is 2.22. The summed E-state index contributed by atoms with van der Waals surface area (Å²) < 4.78 is 145. The first-order valence-corrected chi connectivity index (χ1v) is 6.22. The van der Waals surface area contributed by atoms with Gasteiger partial charge < -0.3 is 4.55 Å². The molecule has 0 spiro atoms. The van der Waals surface area contributed by atoms with Crippen LogP contribution in [0.4, 0.5) is 39.5 Å². The highest BCUT2D eigenvalue weighted by Crippen LogP contribution is 2.46. The van der Waals surface area contributed by atoms with Crippen molar-refractivity contribution in [2.24, 2.45) is 0 Å². The lowest BCUT2D eigenvalue weighted by atomic mass is 10.0. The Hall–Kier alpha value is -1.50. The van der Waals surface area contributed by atoms with E-state index in [4.69, 9.17) is 0 Å². The van der Waals surface area contributed by atoms with Gasteiger partial charge in [0.25, 0.3) is 0 Å². The van der Waals surface area contributed by atoms with Crippen molar-refractivity contribution in [3.05, 3.63) is 28.8 Å². The number of alkyl halides is 9. The van der Waals surface area contributed by atoms with Crippen molar-refractivity contribution in [2.45, 2.75) is 23.4 Å². The van der Waals surface area contributed by atoms with E-state index >= 15 is 0 Å². The lowest BCUT2D eigenvalue weighted by Gasteiger charge is -2.22. The van der Waals surface area contributed by atoms with Crippen molar-refractivity contribution in [2.75, 3.05) is 0 Å². The van der Waals surface area contributed by atoms with Crippen molar-refractivity contribution >= 4 is 10.1 Å². The van der Waals surface area contributed by atoms with E-state index in [1.165, 1.54) is 0 Å². The molecule has 0 bridgehead atoms. The molecule has 3 nitrogen and oxygen atoms in total. The van der Waals surface area contributed by atoms with Gasteiger partial charge in [0.15, 0.2) is 0 Å². The van der Waals surface area contributed by atoms with E-state index in [2.05, 4.69) is 0 Å². The summed E-state index contributed by atoms with van der Waals surface area (Å²) in [7, 11) is -6.25. The first-order valence-electron chi connectivity index (χ1n) is 4.81. The summed E-state index contributed by atoms with van der Waals surface area (Å²) in [4.78, 5) is -2.64. The number of hydrogen-bond donors (Lipinski definition) is 0. The third-order valence-corrected chi connectivity index (χ3v) is 3.15. The topological polar surface area (TPSA) is 57.2 Å². The monoisotopic (exact) mass is 361 g/mol. The van der Waals surface area contributed by atoms with Crippen LogP contribution < -0.4 is 0 Å². The van der Waals surface area contributed by atoms with Gasteiger partial charge in [-0.25, -0.2) is 8.42 Å². The molecular weight excluding hydrogens is 359 g/mol. The Morgan fingerprint density at radius 2 is 1.23 bits per heavy atom. The number of hydrogen-bond acceptors (Lipinski definition) is 3. The SMILES string of the molecule is O=S(=O)([O-])c1cc(C(F)(F)F)cc(C(F)(F)F)c1C(F)(F)F. The van der Waals surface area contributed by atoms with Crippen molar-refractivity contribution < 1.29 is 52.5 Å². The molecule has 13 heteroatoms. The summed E-state index contributed by atoms with van der Waals surface area (Å²) in [6.45, 7) is 0. The lowest BCUT2D eigenvalue weighted by Crippen LogP contribution is -2.23. The van der Waals surface area contributed by atoms with Crippen LogP contribution in [0.3, 0.4) is 0 Å². The highest BCUT2D eigenvalue weighted by molar-refractivity contribution is 7.85. The minimum Gasteiger partial charge on any atom is -0.744 e. The average molecular weight is 361 g/mol. The summed E-state index contributed by atoms with van der Waals surface area (Å²) in [5.41, 5.74) is -8.24. The van der Waals surface area contributed by atoms with E-state index in [1.807, 2.05) is 0 Å². The molecule has 0 saturated carbocycles. The van der Waals surface area contributed by atoms with Gasteiger partial charge >= 0.3 is 18.5 Å². The molecule has 1 aromatic carbocycles. The number of halogens is 9. The maximum absolute atomic E-state index is 12.6. The third kappa shape index (κ3) is 3.82. The molecule has 126 valence electrons. The maximum atomic E-state index is 12.6. The Morgan fingerprint density at radius 1 is 0.773 bits per heavy atom. The van der Waals surface area contributed by atoms with Gasteiger partial charge in [-0.3, -0.25) is 0 Å². The fraction of sp³-hybridized carbons (Fsp3) is 0.333. The van der Waals surface area contributed by atoms with Crippen molar-refractivity contribution in [1.29, 1.82) is 0 Å². The molecule has 0 unspecified atom stereocenters. The summed E-state index contributed by atoms with van der Waals surface area (Å²) in [5.74, 6) is 0. The van der Waals surface area contributed by atoms with Gasteiger partial charge in [0.05, 0.1) is 21.6 Å². The Kier molecular flexibility index (Phi) is 4.22. The van der Waals surface area contributed by atoms with E-state index in [9.17, 15) is 52.5 Å². The van der Waals surface area contributed by atoms with Gasteiger partial charge in [0.1, 0.15) is 10.1 Å². The molecule has 1 rings (SSSR count). The van der Waals surface area contributed by atoms with Crippen LogP contribution in [0.1, 0.15) is 16.7 Å². The molecule has 0 aliphatic carbocycles. The normalized spacial score (nSPS) is 14.3. The van der Waals surface area contributed by atoms with Crippen LogP contribution in [0.2, 0.25) is 0 Å². The van der Waals surface area contributed by atoms with E-state index in [-0.39, 0.29) is 0 Å². The number of rotatable bonds is 1. The van der Waals surface area contributed by atoms with Crippen LogP contribution in [-0.4, -0.2) is 13.0 Å². The van der Waals surface area contributed by atoms with Gasteiger partial charge in [-0.1, -0.05) is 0 Å². The standard InChI is InChI=1S/C9H3F9O3S/c10-7(11,12)3-1-4(8(13,14)15)6(9(16,17)18)5(2-3)22(19,20)21/h1-2H,(H,19,20,21)/p-1. The smallest absolute Gasteiger partial charge is 0.418 e. The van der Waals surface area contributed by atoms with Crippen molar-refractivity contribution in [1.82, 2.24) is 0 Å². The molecule has 0 atom stereocenters. The van der Waals surface area contributed by atoms with E-state index < -0.39 is 62.4 Å². The molecule has 0 amide bonds. The highest BCUT2D eigenvalue weighted by atomic mass is 32.2. The molecule has 1 aromatic rings. The predicted molar refractivity (Wildman–Crippen MR) is 49.4 cm³/mol. The van der Waals surface area contributed by atoms with Crippen LogP contribution in [-0.2, 0) is 28.6 Å². The molecule has 0 aliphatic heterocycles. The zero-order chi connectivity index (χ0) is 17.7. The zero-order valence-electron chi connectivity index (χ0n) is 9.69. The number of benzene rings is 1. The van der Waals surface area contributed by atoms with Crippen LogP contribution in [0, 0.1) is 0 Å². The second-order valence-corrected chi connectivity index (χ2v) is 5.19. The third-order valence-electron chi connectivity index (χ3n) is 2.29. The van der Waals surface area contributed by atoms with Crippen molar-refractivity contribution in [3.8, 4) is 0 Å².